The van der Waals surface area contributed by atoms with Crippen LogP contribution >= 0.6 is 11.6 Å². The molecule has 18 heavy (non-hydrogen) atoms. The number of carbonyl (C=O) groups is 1. The van der Waals surface area contributed by atoms with Gasteiger partial charge >= 0.3 is 0 Å². The number of anilines is 1. The van der Waals surface area contributed by atoms with Gasteiger partial charge in [-0.1, -0.05) is 32.4 Å². The highest BCUT2D eigenvalue weighted by Crippen LogP contribution is 2.29. The second-order valence-electron chi connectivity index (χ2n) is 6.00. The fraction of sp³-hybridized carbons (Fsp3) is 0.500. The van der Waals surface area contributed by atoms with Crippen molar-refractivity contribution in [3.63, 3.8) is 0 Å². The topological polar surface area (TPSA) is 32.3 Å². The maximum absolute atomic E-state index is 12.5. The predicted molar refractivity (Wildman–Crippen MR) is 75.0 cm³/mol. The average molecular weight is 267 g/mol. The van der Waals surface area contributed by atoms with E-state index in [1.54, 1.807) is 12.1 Å². The third-order valence-electron chi connectivity index (χ3n) is 2.95. The average Bonchev–Trinajstić information content (AvgIpc) is 2.24. The minimum Gasteiger partial charge on any atom is -0.365 e. The first-order valence-electron chi connectivity index (χ1n) is 6.15. The summed E-state index contributed by atoms with van der Waals surface area (Å²) in [4.78, 5) is 14.3. The Labute approximate surface area is 113 Å². The number of carbonyl (C=O) groups excluding carboxylic acids is 1. The van der Waals surface area contributed by atoms with Crippen LogP contribution in [0.2, 0.25) is 5.02 Å². The number of nitrogens with one attached hydrogen (secondary N) is 1. The van der Waals surface area contributed by atoms with Gasteiger partial charge in [0.1, 0.15) is 0 Å². The van der Waals surface area contributed by atoms with E-state index >= 15 is 0 Å². The molecule has 1 atom stereocenters. The highest BCUT2D eigenvalue weighted by Gasteiger charge is 2.31. The highest BCUT2D eigenvalue weighted by molar-refractivity contribution is 6.31. The monoisotopic (exact) mass is 266 g/mol. The molecule has 0 fully saturated rings. The normalized spacial score (nSPS) is 19.5. The maximum atomic E-state index is 12.5. The van der Waals surface area contributed by atoms with Crippen LogP contribution in [0.5, 0.6) is 0 Å². The Morgan fingerprint density at radius 2 is 2.06 bits per heavy atom. The van der Waals surface area contributed by atoms with E-state index in [9.17, 15) is 4.79 Å². The zero-order chi connectivity index (χ0) is 13.5. The van der Waals surface area contributed by atoms with Crippen molar-refractivity contribution in [3.05, 3.63) is 28.8 Å². The fourth-order valence-corrected chi connectivity index (χ4v) is 2.34. The van der Waals surface area contributed by atoms with Gasteiger partial charge in [0.05, 0.1) is 11.7 Å². The van der Waals surface area contributed by atoms with E-state index in [0.29, 0.717) is 17.1 Å². The summed E-state index contributed by atoms with van der Waals surface area (Å²) in [7, 11) is 0. The first-order valence-corrected chi connectivity index (χ1v) is 6.53. The lowest BCUT2D eigenvalue weighted by Gasteiger charge is -2.39. The van der Waals surface area contributed by atoms with Crippen LogP contribution in [0.1, 0.15) is 38.1 Å². The number of benzene rings is 1. The molecule has 0 aromatic heterocycles. The van der Waals surface area contributed by atoms with E-state index in [1.165, 1.54) is 0 Å². The first-order chi connectivity index (χ1) is 8.28. The lowest BCUT2D eigenvalue weighted by atomic mass is 9.94. The summed E-state index contributed by atoms with van der Waals surface area (Å²) in [5, 5.41) is 3.93. The zero-order valence-corrected chi connectivity index (χ0v) is 12.0. The summed E-state index contributed by atoms with van der Waals surface area (Å²) < 4.78 is 0. The molecule has 1 unspecified atom stereocenters. The number of halogens is 1. The van der Waals surface area contributed by atoms with E-state index in [4.69, 9.17) is 11.6 Å². The van der Waals surface area contributed by atoms with E-state index in [0.717, 1.165) is 5.69 Å². The van der Waals surface area contributed by atoms with Crippen molar-refractivity contribution in [3.8, 4) is 0 Å². The molecule has 0 saturated heterocycles. The Morgan fingerprint density at radius 3 is 2.67 bits per heavy atom. The van der Waals surface area contributed by atoms with Crippen LogP contribution in [0.15, 0.2) is 18.2 Å². The van der Waals surface area contributed by atoms with Gasteiger partial charge in [0.2, 0.25) is 0 Å². The van der Waals surface area contributed by atoms with Crippen LogP contribution in [0.3, 0.4) is 0 Å². The van der Waals surface area contributed by atoms with Crippen molar-refractivity contribution in [2.24, 2.45) is 5.41 Å². The Hall–Kier alpha value is -1.22. The van der Waals surface area contributed by atoms with Crippen LogP contribution < -0.4 is 5.32 Å². The molecular weight excluding hydrogens is 248 g/mol. The van der Waals surface area contributed by atoms with Gasteiger partial charge in [0.15, 0.2) is 0 Å². The van der Waals surface area contributed by atoms with Crippen LogP contribution in [-0.4, -0.2) is 23.5 Å². The third kappa shape index (κ3) is 2.61. The van der Waals surface area contributed by atoms with Gasteiger partial charge in [0.25, 0.3) is 5.91 Å². The van der Waals surface area contributed by atoms with E-state index in [-0.39, 0.29) is 17.5 Å². The largest absolute Gasteiger partial charge is 0.365 e. The molecule has 0 radical (unpaired) electrons. The molecule has 98 valence electrons. The standard InChI is InChI=1S/C14H19ClN2O/c1-9-16-12-6-5-10(15)7-11(12)13(18)17(9)8-14(2,3)4/h5-7,9,16H,8H2,1-4H3. The van der Waals surface area contributed by atoms with Crippen LogP contribution in [0, 0.1) is 5.41 Å². The molecule has 1 aliphatic heterocycles. The fourth-order valence-electron chi connectivity index (χ4n) is 2.17. The number of hydrogen-bond donors (Lipinski definition) is 1. The summed E-state index contributed by atoms with van der Waals surface area (Å²) in [6.45, 7) is 9.09. The lowest BCUT2D eigenvalue weighted by molar-refractivity contribution is 0.0625. The molecule has 1 aromatic carbocycles. The van der Waals surface area contributed by atoms with Crippen LogP contribution in [0.25, 0.3) is 0 Å². The maximum Gasteiger partial charge on any atom is 0.257 e. The van der Waals surface area contributed by atoms with Gasteiger partial charge in [-0.3, -0.25) is 4.79 Å². The second kappa shape index (κ2) is 4.47. The molecule has 2 rings (SSSR count). The van der Waals surface area contributed by atoms with Gasteiger partial charge < -0.3 is 10.2 Å². The molecule has 0 spiro atoms. The molecule has 1 aromatic rings. The number of nitrogens with zero attached hydrogens (tertiary/aromatic N) is 1. The van der Waals surface area contributed by atoms with E-state index in [1.807, 2.05) is 17.9 Å². The van der Waals surface area contributed by atoms with Crippen molar-refractivity contribution >= 4 is 23.2 Å². The number of fused-ring (bicyclic) bond motifs is 1. The molecule has 0 saturated carbocycles. The molecular formula is C14H19ClN2O. The second-order valence-corrected chi connectivity index (χ2v) is 6.44. The molecule has 1 N–H and O–H groups in total. The zero-order valence-electron chi connectivity index (χ0n) is 11.2. The van der Waals surface area contributed by atoms with Gasteiger partial charge in [-0.25, -0.2) is 0 Å². The SMILES string of the molecule is CC1Nc2ccc(Cl)cc2C(=O)N1CC(C)(C)C. The van der Waals surface area contributed by atoms with Crippen molar-refractivity contribution in [2.45, 2.75) is 33.9 Å². The quantitative estimate of drug-likeness (QED) is 0.842. The van der Waals surface area contributed by atoms with Gasteiger partial charge in [-0.05, 0) is 30.5 Å². The lowest BCUT2D eigenvalue weighted by Crippen LogP contribution is -2.50. The van der Waals surface area contributed by atoms with E-state index in [2.05, 4.69) is 26.1 Å². The number of rotatable bonds is 1. The summed E-state index contributed by atoms with van der Waals surface area (Å²) in [6, 6.07) is 5.39. The molecule has 1 aliphatic rings. The van der Waals surface area contributed by atoms with Gasteiger partial charge in [0, 0.05) is 17.3 Å². The number of amides is 1. The molecule has 0 bridgehead atoms. The number of hydrogen-bond acceptors (Lipinski definition) is 2. The molecule has 0 aliphatic carbocycles. The van der Waals surface area contributed by atoms with Crippen molar-refractivity contribution in [2.75, 3.05) is 11.9 Å². The van der Waals surface area contributed by atoms with Gasteiger partial charge in [-0.2, -0.15) is 0 Å². The van der Waals surface area contributed by atoms with Crippen molar-refractivity contribution in [1.82, 2.24) is 4.90 Å². The Kier molecular flexibility index (Phi) is 3.28. The summed E-state index contributed by atoms with van der Waals surface area (Å²) >= 11 is 5.96. The minimum atomic E-state index is 0.00500. The molecule has 1 amide bonds. The Morgan fingerprint density at radius 1 is 1.39 bits per heavy atom. The molecule has 4 heteroatoms. The van der Waals surface area contributed by atoms with Crippen molar-refractivity contribution < 1.29 is 4.79 Å². The summed E-state index contributed by atoms with van der Waals surface area (Å²) in [5.41, 5.74) is 1.59. The van der Waals surface area contributed by atoms with Crippen LogP contribution in [-0.2, 0) is 0 Å². The highest BCUT2D eigenvalue weighted by atomic mass is 35.5. The summed E-state index contributed by atoms with van der Waals surface area (Å²) in [6.07, 6.45) is 0.00500. The Bertz CT molecular complexity index is 479. The predicted octanol–water partition coefficient (Wildman–Crippen LogP) is 3.60. The van der Waals surface area contributed by atoms with Gasteiger partial charge in [-0.15, -0.1) is 0 Å². The van der Waals surface area contributed by atoms with E-state index < -0.39 is 0 Å². The Balaban J connectivity index is 2.35. The molecule has 3 nitrogen and oxygen atoms in total. The van der Waals surface area contributed by atoms with Crippen molar-refractivity contribution in [1.29, 1.82) is 0 Å². The smallest absolute Gasteiger partial charge is 0.257 e. The first kappa shape index (κ1) is 13.2. The molecule has 1 heterocycles. The summed E-state index contributed by atoms with van der Waals surface area (Å²) in [5.74, 6) is 0.0497. The van der Waals surface area contributed by atoms with Crippen LogP contribution in [0.4, 0.5) is 5.69 Å². The third-order valence-corrected chi connectivity index (χ3v) is 3.18. The minimum absolute atomic E-state index is 0.00500.